The Balaban J connectivity index is 0.000000278. The van der Waals surface area contributed by atoms with Crippen LogP contribution in [0.15, 0.2) is 118 Å². The summed E-state index contributed by atoms with van der Waals surface area (Å²) < 4.78 is 96.1. The van der Waals surface area contributed by atoms with Gasteiger partial charge in [0.05, 0.1) is 14.7 Å². The summed E-state index contributed by atoms with van der Waals surface area (Å²) in [6.45, 7) is 3.38. The largest absolute Gasteiger partial charge is 0.313 e. The molecule has 4 aromatic carbocycles. The number of rotatable bonds is 9. The predicted octanol–water partition coefficient (Wildman–Crippen LogP) is 4.40. The van der Waals surface area contributed by atoms with Gasteiger partial charge >= 0.3 is 0 Å². The molecule has 0 bridgehead atoms. The summed E-state index contributed by atoms with van der Waals surface area (Å²) in [5.41, 5.74) is 2.55. The number of hydrogen-bond donors (Lipinski definition) is 4. The molecular weight excluding hydrogens is 591 g/mol. The van der Waals surface area contributed by atoms with E-state index < -0.39 is 46.1 Å². The average molecular weight is 620 g/mol. The maximum absolute atomic E-state index is 12.0. The van der Waals surface area contributed by atoms with Crippen LogP contribution in [0, 0.1) is 0 Å². The second kappa shape index (κ2) is 13.5. The molecule has 0 amide bonds. The molecule has 13 heteroatoms. The maximum atomic E-state index is 12.0. The van der Waals surface area contributed by atoms with Gasteiger partial charge in [-0.2, -0.15) is 25.3 Å². The molecular formula is C28H29NO9S3. The van der Waals surface area contributed by atoms with Crippen molar-refractivity contribution in [3.05, 3.63) is 125 Å². The summed E-state index contributed by atoms with van der Waals surface area (Å²) in [4.78, 5) is -1.25. The van der Waals surface area contributed by atoms with Crippen molar-refractivity contribution in [1.29, 1.82) is 0 Å². The molecule has 0 spiro atoms. The van der Waals surface area contributed by atoms with Gasteiger partial charge in [-0.15, -0.1) is 0 Å². The average Bonchev–Trinajstić information content (AvgIpc) is 2.92. The first-order chi connectivity index (χ1) is 19.2. The molecule has 0 aliphatic rings. The summed E-state index contributed by atoms with van der Waals surface area (Å²) in [5, 5.41) is 3.07. The highest BCUT2D eigenvalue weighted by Gasteiger charge is 2.27. The summed E-state index contributed by atoms with van der Waals surface area (Å²) >= 11 is 0. The molecule has 0 radical (unpaired) electrons. The Hall–Kier alpha value is -3.43. The SMILES string of the molecule is CCNCc1cccc(S(=O)(=O)O)c1.O=S(=O)(O)c1ccc(C(c2ccccc2)c2ccccc2)c(S(=O)(=O)O)c1. The molecule has 0 saturated carbocycles. The summed E-state index contributed by atoms with van der Waals surface area (Å²) in [6, 6.07) is 27.4. The van der Waals surface area contributed by atoms with Gasteiger partial charge in [-0.25, -0.2) is 0 Å². The second-order valence-electron chi connectivity index (χ2n) is 8.81. The van der Waals surface area contributed by atoms with Crippen LogP contribution in [0.4, 0.5) is 0 Å². The maximum Gasteiger partial charge on any atom is 0.294 e. The quantitative estimate of drug-likeness (QED) is 0.155. The third-order valence-electron chi connectivity index (χ3n) is 5.91. The van der Waals surface area contributed by atoms with Crippen molar-refractivity contribution in [3.63, 3.8) is 0 Å². The normalized spacial score (nSPS) is 12.0. The molecule has 4 aromatic rings. The summed E-state index contributed by atoms with van der Waals surface area (Å²) in [6.07, 6.45) is 0. The summed E-state index contributed by atoms with van der Waals surface area (Å²) in [5.74, 6) is -0.570. The summed E-state index contributed by atoms with van der Waals surface area (Å²) in [7, 11) is -13.5. The molecule has 10 nitrogen and oxygen atoms in total. The van der Waals surface area contributed by atoms with Gasteiger partial charge in [0.1, 0.15) is 0 Å². The Kier molecular flexibility index (Phi) is 10.6. The molecule has 0 unspecified atom stereocenters. The highest BCUT2D eigenvalue weighted by molar-refractivity contribution is 7.86. The third kappa shape index (κ3) is 9.03. The van der Waals surface area contributed by atoms with Crippen LogP contribution in [0.2, 0.25) is 0 Å². The molecule has 0 saturated heterocycles. The predicted molar refractivity (Wildman–Crippen MR) is 154 cm³/mol. The lowest BCUT2D eigenvalue weighted by molar-refractivity contribution is 0.478. The van der Waals surface area contributed by atoms with Crippen molar-refractivity contribution in [2.75, 3.05) is 6.54 Å². The highest BCUT2D eigenvalue weighted by atomic mass is 32.2. The number of hydrogen-bond acceptors (Lipinski definition) is 7. The van der Waals surface area contributed by atoms with Crippen LogP contribution in [0.5, 0.6) is 0 Å². The number of benzene rings is 4. The van der Waals surface area contributed by atoms with Crippen molar-refractivity contribution in [2.45, 2.75) is 34.1 Å². The van der Waals surface area contributed by atoms with E-state index in [0.717, 1.165) is 35.4 Å². The van der Waals surface area contributed by atoms with Crippen molar-refractivity contribution in [3.8, 4) is 0 Å². The van der Waals surface area contributed by atoms with Gasteiger partial charge in [0.25, 0.3) is 30.4 Å². The van der Waals surface area contributed by atoms with Crippen molar-refractivity contribution in [2.24, 2.45) is 0 Å². The monoisotopic (exact) mass is 619 g/mol. The zero-order valence-electron chi connectivity index (χ0n) is 21.8. The van der Waals surface area contributed by atoms with Gasteiger partial charge in [0.15, 0.2) is 0 Å². The molecule has 0 heterocycles. The Morgan fingerprint density at radius 1 is 0.610 bits per heavy atom. The van der Waals surface area contributed by atoms with Gasteiger partial charge in [0, 0.05) is 12.5 Å². The van der Waals surface area contributed by atoms with E-state index in [2.05, 4.69) is 5.32 Å². The van der Waals surface area contributed by atoms with E-state index in [-0.39, 0.29) is 10.5 Å². The van der Waals surface area contributed by atoms with E-state index in [9.17, 15) is 34.4 Å². The highest BCUT2D eigenvalue weighted by Crippen LogP contribution is 2.36. The number of nitrogens with one attached hydrogen (secondary N) is 1. The first-order valence-corrected chi connectivity index (χ1v) is 16.5. The first kappa shape index (κ1) is 32.1. The smallest absolute Gasteiger partial charge is 0.294 e. The van der Waals surface area contributed by atoms with Crippen LogP contribution in [-0.2, 0) is 36.9 Å². The Labute approximate surface area is 240 Å². The minimum atomic E-state index is -4.75. The molecule has 0 fully saturated rings. The van der Waals surface area contributed by atoms with E-state index >= 15 is 0 Å². The standard InChI is InChI=1S/C19H16O6S2.C9H13NO3S/c20-26(21,22)16-11-12-17(18(13-16)27(23,24)25)19(14-7-3-1-4-8-14)15-9-5-2-6-10-15;1-2-10-7-8-4-3-5-9(6-8)14(11,12)13/h1-13,19H,(H,20,21,22)(H,23,24,25);3-6,10H,2,7H2,1H3,(H,11,12,13). The van der Waals surface area contributed by atoms with Crippen LogP contribution in [0.1, 0.15) is 35.1 Å². The van der Waals surface area contributed by atoms with Gasteiger partial charge in [-0.05, 0) is 53.1 Å². The van der Waals surface area contributed by atoms with Gasteiger partial charge < -0.3 is 5.32 Å². The van der Waals surface area contributed by atoms with Crippen LogP contribution >= 0.6 is 0 Å². The van der Waals surface area contributed by atoms with Crippen LogP contribution < -0.4 is 5.32 Å². The van der Waals surface area contributed by atoms with Gasteiger partial charge in [-0.1, -0.05) is 85.8 Å². The molecule has 0 aliphatic heterocycles. The van der Waals surface area contributed by atoms with Crippen molar-refractivity contribution >= 4 is 30.4 Å². The van der Waals surface area contributed by atoms with E-state index in [1.165, 1.54) is 18.2 Å². The fraction of sp³-hybridized carbons (Fsp3) is 0.143. The Morgan fingerprint density at radius 2 is 1.12 bits per heavy atom. The van der Waals surface area contributed by atoms with Crippen LogP contribution in [0.25, 0.3) is 0 Å². The minimum absolute atomic E-state index is 0.0621. The van der Waals surface area contributed by atoms with E-state index in [1.807, 2.05) is 43.3 Å². The van der Waals surface area contributed by atoms with Gasteiger partial charge in [-0.3, -0.25) is 13.7 Å². The first-order valence-electron chi connectivity index (χ1n) is 12.2. The van der Waals surface area contributed by atoms with Crippen LogP contribution in [0.3, 0.4) is 0 Å². The lowest BCUT2D eigenvalue weighted by atomic mass is 9.85. The van der Waals surface area contributed by atoms with Crippen molar-refractivity contribution < 1.29 is 38.9 Å². The molecule has 0 aliphatic carbocycles. The topological polar surface area (TPSA) is 175 Å². The Morgan fingerprint density at radius 3 is 1.59 bits per heavy atom. The fourth-order valence-electron chi connectivity index (χ4n) is 4.06. The van der Waals surface area contributed by atoms with Crippen molar-refractivity contribution in [1.82, 2.24) is 5.32 Å². The second-order valence-corrected chi connectivity index (χ2v) is 13.0. The van der Waals surface area contributed by atoms with E-state index in [4.69, 9.17) is 4.55 Å². The Bertz CT molecular complexity index is 1750. The lowest BCUT2D eigenvalue weighted by Gasteiger charge is -2.21. The fourth-order valence-corrected chi connectivity index (χ4v) is 5.96. The molecule has 4 N–H and O–H groups in total. The third-order valence-corrected chi connectivity index (χ3v) is 8.52. The van der Waals surface area contributed by atoms with Gasteiger partial charge in [0.2, 0.25) is 0 Å². The molecule has 4 rings (SSSR count). The van der Waals surface area contributed by atoms with E-state index in [1.54, 1.807) is 36.4 Å². The molecule has 0 aromatic heterocycles. The minimum Gasteiger partial charge on any atom is -0.313 e. The van der Waals surface area contributed by atoms with E-state index in [0.29, 0.717) is 6.54 Å². The van der Waals surface area contributed by atoms with Crippen LogP contribution in [-0.4, -0.2) is 45.5 Å². The molecule has 41 heavy (non-hydrogen) atoms. The molecule has 0 atom stereocenters. The zero-order valence-corrected chi connectivity index (χ0v) is 24.3. The molecule has 218 valence electrons. The zero-order chi connectivity index (χ0) is 30.3. The lowest BCUT2D eigenvalue weighted by Crippen LogP contribution is -2.12.